The second kappa shape index (κ2) is 6.89. The van der Waals surface area contributed by atoms with Crippen LogP contribution >= 0.6 is 11.8 Å². The summed E-state index contributed by atoms with van der Waals surface area (Å²) in [6.45, 7) is 4.29. The Kier molecular flexibility index (Phi) is 5.82. The molecule has 1 rings (SSSR count). The molecule has 3 nitrogen and oxygen atoms in total. The van der Waals surface area contributed by atoms with Crippen molar-refractivity contribution in [3.63, 3.8) is 0 Å². The van der Waals surface area contributed by atoms with E-state index in [9.17, 15) is 10.2 Å². The van der Waals surface area contributed by atoms with Gasteiger partial charge in [-0.25, -0.2) is 0 Å². The molecule has 0 bridgehead atoms. The van der Waals surface area contributed by atoms with Gasteiger partial charge in [-0.1, -0.05) is 12.1 Å². The Bertz CT molecular complexity index is 342. The van der Waals surface area contributed by atoms with E-state index in [0.717, 1.165) is 5.56 Å². The van der Waals surface area contributed by atoms with Crippen molar-refractivity contribution in [2.24, 2.45) is 0 Å². The van der Waals surface area contributed by atoms with Crippen molar-refractivity contribution in [2.45, 2.75) is 31.2 Å². The smallest absolute Gasteiger partial charge is 0.115 e. The number of thioether (sulfide) groups is 1. The van der Waals surface area contributed by atoms with E-state index in [-0.39, 0.29) is 29.7 Å². The first kappa shape index (κ1) is 14.4. The van der Waals surface area contributed by atoms with Gasteiger partial charge in [0.05, 0.1) is 6.61 Å². The van der Waals surface area contributed by atoms with Crippen molar-refractivity contribution in [2.75, 3.05) is 12.9 Å². The maximum atomic E-state index is 9.43. The van der Waals surface area contributed by atoms with E-state index in [2.05, 4.69) is 19.2 Å². The van der Waals surface area contributed by atoms with Crippen LogP contribution in [0.2, 0.25) is 0 Å². The molecule has 0 saturated carbocycles. The van der Waals surface area contributed by atoms with Crippen LogP contribution in [0.5, 0.6) is 5.75 Å². The number of hydrogen-bond acceptors (Lipinski definition) is 4. The highest BCUT2D eigenvalue weighted by Gasteiger charge is 2.17. The number of aliphatic hydroxyl groups excluding tert-OH is 1. The van der Waals surface area contributed by atoms with Crippen molar-refractivity contribution >= 4 is 11.8 Å². The second-order valence-corrected chi connectivity index (χ2v) is 5.31. The van der Waals surface area contributed by atoms with Gasteiger partial charge in [0, 0.05) is 17.3 Å². The summed E-state index contributed by atoms with van der Waals surface area (Å²) in [6, 6.07) is 7.61. The molecule has 0 aliphatic heterocycles. The average Bonchev–Trinajstić information content (AvgIpc) is 2.30. The standard InChI is InChI=1S/C13H21NO2S/c1-9(11-5-4-6-12(16)7-11)14-10(2)13(8-15)17-3/h4-7,9-10,13-16H,8H2,1-3H3. The van der Waals surface area contributed by atoms with Crippen molar-refractivity contribution < 1.29 is 10.2 Å². The van der Waals surface area contributed by atoms with E-state index in [4.69, 9.17) is 0 Å². The number of phenols is 1. The molecule has 3 unspecified atom stereocenters. The number of phenolic OH excluding ortho intramolecular Hbond substituents is 1. The van der Waals surface area contributed by atoms with Gasteiger partial charge in [-0.15, -0.1) is 0 Å². The largest absolute Gasteiger partial charge is 0.508 e. The molecule has 17 heavy (non-hydrogen) atoms. The Morgan fingerprint density at radius 3 is 2.59 bits per heavy atom. The summed E-state index contributed by atoms with van der Waals surface area (Å²) >= 11 is 1.66. The SMILES string of the molecule is CSC(CO)C(C)NC(C)c1cccc(O)c1. The van der Waals surface area contributed by atoms with Crippen LogP contribution in [-0.2, 0) is 0 Å². The third-order valence-electron chi connectivity index (χ3n) is 2.92. The highest BCUT2D eigenvalue weighted by molar-refractivity contribution is 7.99. The zero-order chi connectivity index (χ0) is 12.8. The van der Waals surface area contributed by atoms with E-state index in [1.54, 1.807) is 23.9 Å². The van der Waals surface area contributed by atoms with Crippen LogP contribution in [0.15, 0.2) is 24.3 Å². The Morgan fingerprint density at radius 2 is 2.06 bits per heavy atom. The lowest BCUT2D eigenvalue weighted by molar-refractivity contribution is 0.271. The lowest BCUT2D eigenvalue weighted by atomic mass is 10.1. The van der Waals surface area contributed by atoms with E-state index < -0.39 is 0 Å². The van der Waals surface area contributed by atoms with E-state index in [0.29, 0.717) is 0 Å². The van der Waals surface area contributed by atoms with Crippen LogP contribution in [0.4, 0.5) is 0 Å². The summed E-state index contributed by atoms with van der Waals surface area (Å²) in [6.07, 6.45) is 2.00. The number of benzene rings is 1. The Balaban J connectivity index is 2.62. The first-order valence-corrected chi connectivity index (χ1v) is 7.06. The Hall–Kier alpha value is -0.710. The number of hydrogen-bond donors (Lipinski definition) is 3. The molecule has 0 spiro atoms. The predicted molar refractivity (Wildman–Crippen MR) is 73.5 cm³/mol. The minimum absolute atomic E-state index is 0.151. The van der Waals surface area contributed by atoms with Gasteiger partial charge in [-0.2, -0.15) is 11.8 Å². The summed E-state index contributed by atoms with van der Waals surface area (Å²) in [5.74, 6) is 0.285. The zero-order valence-electron chi connectivity index (χ0n) is 10.6. The number of nitrogens with one attached hydrogen (secondary N) is 1. The van der Waals surface area contributed by atoms with Gasteiger partial charge in [0.1, 0.15) is 5.75 Å². The molecule has 0 aromatic heterocycles. The van der Waals surface area contributed by atoms with Gasteiger partial charge < -0.3 is 15.5 Å². The summed E-state index contributed by atoms with van der Waals surface area (Å²) < 4.78 is 0. The highest BCUT2D eigenvalue weighted by atomic mass is 32.2. The molecule has 96 valence electrons. The molecule has 0 heterocycles. The number of aliphatic hydroxyl groups is 1. The number of rotatable bonds is 6. The van der Waals surface area contributed by atoms with Crippen molar-refractivity contribution in [1.29, 1.82) is 0 Å². The first-order valence-electron chi connectivity index (χ1n) is 5.77. The van der Waals surface area contributed by atoms with Crippen molar-refractivity contribution in [3.05, 3.63) is 29.8 Å². The molecule has 1 aromatic carbocycles. The Labute approximate surface area is 107 Å². The van der Waals surface area contributed by atoms with Crippen LogP contribution in [0, 0.1) is 0 Å². The molecule has 0 fully saturated rings. The fraction of sp³-hybridized carbons (Fsp3) is 0.538. The van der Waals surface area contributed by atoms with Gasteiger partial charge in [0.15, 0.2) is 0 Å². The molecule has 1 aromatic rings. The molecule has 0 aliphatic carbocycles. The summed E-state index contributed by atoms with van der Waals surface area (Å²) in [7, 11) is 0. The topological polar surface area (TPSA) is 52.5 Å². The predicted octanol–water partition coefficient (Wildman–Crippen LogP) is 2.16. The molecule has 4 heteroatoms. The zero-order valence-corrected chi connectivity index (χ0v) is 11.4. The molecule has 3 N–H and O–H groups in total. The van der Waals surface area contributed by atoms with E-state index >= 15 is 0 Å². The minimum atomic E-state index is 0.151. The number of aromatic hydroxyl groups is 1. The van der Waals surface area contributed by atoms with Gasteiger partial charge in [-0.3, -0.25) is 0 Å². The van der Waals surface area contributed by atoms with Crippen LogP contribution in [-0.4, -0.2) is 34.4 Å². The lowest BCUT2D eigenvalue weighted by Crippen LogP contribution is -2.38. The normalized spacial score (nSPS) is 16.5. The fourth-order valence-electron chi connectivity index (χ4n) is 1.83. The average molecular weight is 255 g/mol. The fourth-order valence-corrected chi connectivity index (χ4v) is 2.46. The maximum absolute atomic E-state index is 9.43. The summed E-state index contributed by atoms with van der Waals surface area (Å²) in [5, 5.41) is 22.3. The van der Waals surface area contributed by atoms with Gasteiger partial charge in [0.2, 0.25) is 0 Å². The van der Waals surface area contributed by atoms with Gasteiger partial charge in [0.25, 0.3) is 0 Å². The molecular formula is C13H21NO2S. The molecular weight excluding hydrogens is 234 g/mol. The summed E-state index contributed by atoms with van der Waals surface area (Å²) in [5.41, 5.74) is 1.05. The Morgan fingerprint density at radius 1 is 1.35 bits per heavy atom. The molecule has 0 saturated heterocycles. The van der Waals surface area contributed by atoms with Gasteiger partial charge in [-0.05, 0) is 37.8 Å². The van der Waals surface area contributed by atoms with Crippen LogP contribution < -0.4 is 5.32 Å². The monoisotopic (exact) mass is 255 g/mol. The molecule has 3 atom stereocenters. The van der Waals surface area contributed by atoms with Crippen LogP contribution in [0.25, 0.3) is 0 Å². The minimum Gasteiger partial charge on any atom is -0.508 e. The van der Waals surface area contributed by atoms with Gasteiger partial charge >= 0.3 is 0 Å². The van der Waals surface area contributed by atoms with Crippen molar-refractivity contribution in [1.82, 2.24) is 5.32 Å². The molecule has 0 aliphatic rings. The first-order chi connectivity index (χ1) is 8.08. The highest BCUT2D eigenvalue weighted by Crippen LogP contribution is 2.20. The van der Waals surface area contributed by atoms with E-state index in [1.165, 1.54) is 0 Å². The summed E-state index contributed by atoms with van der Waals surface area (Å²) in [4.78, 5) is 0. The lowest BCUT2D eigenvalue weighted by Gasteiger charge is -2.25. The van der Waals surface area contributed by atoms with E-state index in [1.807, 2.05) is 18.4 Å². The third kappa shape index (κ3) is 4.22. The quantitative estimate of drug-likeness (QED) is 0.729. The molecule has 0 radical (unpaired) electrons. The molecule has 0 amide bonds. The van der Waals surface area contributed by atoms with Crippen LogP contribution in [0.1, 0.15) is 25.5 Å². The van der Waals surface area contributed by atoms with Crippen LogP contribution in [0.3, 0.4) is 0 Å². The van der Waals surface area contributed by atoms with Crippen molar-refractivity contribution in [3.8, 4) is 5.75 Å². The third-order valence-corrected chi connectivity index (χ3v) is 4.09. The second-order valence-electron chi connectivity index (χ2n) is 4.23. The maximum Gasteiger partial charge on any atom is 0.115 e.